The summed E-state index contributed by atoms with van der Waals surface area (Å²) < 4.78 is 6.49. The minimum Gasteiger partial charge on any atom is -0.481 e. The lowest BCUT2D eigenvalue weighted by molar-refractivity contribution is -0.142. The average Bonchev–Trinajstić information content (AvgIpc) is 2.96. The van der Waals surface area contributed by atoms with E-state index >= 15 is 0 Å². The summed E-state index contributed by atoms with van der Waals surface area (Å²) in [5.74, 6) is -0.518. The second-order valence-corrected chi connectivity index (χ2v) is 4.86. The summed E-state index contributed by atoms with van der Waals surface area (Å²) in [7, 11) is 0. The third kappa shape index (κ3) is 3.18. The van der Waals surface area contributed by atoms with E-state index in [0.29, 0.717) is 18.2 Å². The van der Waals surface area contributed by atoms with Crippen molar-refractivity contribution in [3.8, 4) is 11.4 Å². The third-order valence-electron chi connectivity index (χ3n) is 2.81. The number of hydrogen-bond acceptors (Lipinski definition) is 5. The van der Waals surface area contributed by atoms with E-state index in [-0.39, 0.29) is 6.54 Å². The van der Waals surface area contributed by atoms with Gasteiger partial charge in [-0.1, -0.05) is 13.8 Å². The molecule has 0 aliphatic rings. The lowest BCUT2D eigenvalue weighted by Gasteiger charge is -2.14. The number of aliphatic carboxylic acids is 1. The van der Waals surface area contributed by atoms with Crippen LogP contribution in [0, 0.1) is 11.8 Å². The summed E-state index contributed by atoms with van der Waals surface area (Å²) in [6, 6.07) is 1.74. The second kappa shape index (κ2) is 5.64. The minimum atomic E-state index is -0.831. The fraction of sp³-hybridized carbons (Fsp3) is 0.500. The Balaban J connectivity index is 2.18. The zero-order valence-electron chi connectivity index (χ0n) is 10.9. The van der Waals surface area contributed by atoms with Crippen LogP contribution in [0.15, 0.2) is 23.0 Å². The molecule has 2 heterocycles. The van der Waals surface area contributed by atoms with Crippen molar-refractivity contribution in [2.45, 2.75) is 26.8 Å². The van der Waals surface area contributed by atoms with Crippen LogP contribution in [0.2, 0.25) is 0 Å². The molecule has 0 saturated heterocycles. The van der Waals surface area contributed by atoms with Crippen LogP contribution in [-0.2, 0) is 11.3 Å². The van der Waals surface area contributed by atoms with Crippen molar-refractivity contribution in [3.05, 3.63) is 18.6 Å². The molecule has 0 aromatic carbocycles. The molecule has 2 aromatic rings. The molecule has 0 bridgehead atoms. The molecule has 0 aliphatic carbocycles. The topological polar surface area (TPSA) is 94.0 Å². The molecular weight excluding hydrogens is 248 g/mol. The highest BCUT2D eigenvalue weighted by atomic mass is 16.4. The lowest BCUT2D eigenvalue weighted by Crippen LogP contribution is -2.23. The standard InChI is InChI=1S/C12H16N4O3/c1-8(2)5-10(12(17)18)6-16-11(13-14-15-16)9-3-4-19-7-9/h3-4,7-8,10H,5-6H2,1-2H3,(H,17,18). The van der Waals surface area contributed by atoms with Gasteiger partial charge >= 0.3 is 5.97 Å². The summed E-state index contributed by atoms with van der Waals surface area (Å²) in [6.45, 7) is 4.24. The third-order valence-corrected chi connectivity index (χ3v) is 2.81. The van der Waals surface area contributed by atoms with E-state index in [1.165, 1.54) is 17.2 Å². The van der Waals surface area contributed by atoms with Gasteiger partial charge < -0.3 is 9.52 Å². The van der Waals surface area contributed by atoms with Crippen LogP contribution in [0.4, 0.5) is 0 Å². The summed E-state index contributed by atoms with van der Waals surface area (Å²) in [5.41, 5.74) is 0.735. The van der Waals surface area contributed by atoms with Gasteiger partial charge in [0, 0.05) is 0 Å². The number of nitrogens with zero attached hydrogens (tertiary/aromatic N) is 4. The Kier molecular flexibility index (Phi) is 3.94. The van der Waals surface area contributed by atoms with Gasteiger partial charge in [0.2, 0.25) is 0 Å². The normalized spacial score (nSPS) is 12.8. The van der Waals surface area contributed by atoms with Crippen LogP contribution >= 0.6 is 0 Å². The van der Waals surface area contributed by atoms with Gasteiger partial charge in [-0.05, 0) is 28.8 Å². The molecule has 0 amide bonds. The van der Waals surface area contributed by atoms with Crippen LogP contribution in [0.25, 0.3) is 11.4 Å². The summed E-state index contributed by atoms with van der Waals surface area (Å²) in [6.07, 6.45) is 3.64. The number of hydrogen-bond donors (Lipinski definition) is 1. The number of furan rings is 1. The first-order chi connectivity index (χ1) is 9.08. The van der Waals surface area contributed by atoms with Crippen molar-refractivity contribution < 1.29 is 14.3 Å². The summed E-state index contributed by atoms with van der Waals surface area (Å²) in [4.78, 5) is 11.3. The molecule has 7 nitrogen and oxygen atoms in total. The van der Waals surface area contributed by atoms with E-state index in [9.17, 15) is 9.90 Å². The molecule has 0 radical (unpaired) electrons. The first-order valence-corrected chi connectivity index (χ1v) is 6.09. The van der Waals surface area contributed by atoms with Crippen LogP contribution in [0.1, 0.15) is 20.3 Å². The van der Waals surface area contributed by atoms with Gasteiger partial charge in [-0.15, -0.1) is 5.10 Å². The zero-order valence-corrected chi connectivity index (χ0v) is 10.9. The molecule has 0 spiro atoms. The molecule has 0 aliphatic heterocycles. The zero-order chi connectivity index (χ0) is 13.8. The van der Waals surface area contributed by atoms with Crippen molar-refractivity contribution in [1.29, 1.82) is 0 Å². The van der Waals surface area contributed by atoms with Crippen molar-refractivity contribution >= 4 is 5.97 Å². The molecule has 1 atom stereocenters. The van der Waals surface area contributed by atoms with E-state index in [2.05, 4.69) is 15.5 Å². The number of carboxylic acid groups (broad SMARTS) is 1. The van der Waals surface area contributed by atoms with Gasteiger partial charge in [0.25, 0.3) is 0 Å². The molecule has 0 fully saturated rings. The fourth-order valence-electron chi connectivity index (χ4n) is 1.96. The average molecular weight is 264 g/mol. The van der Waals surface area contributed by atoms with Crippen molar-refractivity contribution in [2.75, 3.05) is 0 Å². The van der Waals surface area contributed by atoms with E-state index in [1.54, 1.807) is 6.07 Å². The van der Waals surface area contributed by atoms with Crippen LogP contribution in [0.3, 0.4) is 0 Å². The Morgan fingerprint density at radius 2 is 2.32 bits per heavy atom. The maximum atomic E-state index is 11.3. The first-order valence-electron chi connectivity index (χ1n) is 6.09. The number of carboxylic acids is 1. The minimum absolute atomic E-state index is 0.251. The SMILES string of the molecule is CC(C)CC(Cn1nnnc1-c1ccoc1)C(=O)O. The highest BCUT2D eigenvalue weighted by molar-refractivity contribution is 5.70. The quantitative estimate of drug-likeness (QED) is 0.853. The van der Waals surface area contributed by atoms with E-state index < -0.39 is 11.9 Å². The smallest absolute Gasteiger partial charge is 0.308 e. The van der Waals surface area contributed by atoms with Crippen molar-refractivity contribution in [2.24, 2.45) is 11.8 Å². The number of carbonyl (C=O) groups is 1. The predicted octanol–water partition coefficient (Wildman–Crippen LogP) is 1.68. The maximum Gasteiger partial charge on any atom is 0.308 e. The van der Waals surface area contributed by atoms with Gasteiger partial charge in [0.15, 0.2) is 5.82 Å². The highest BCUT2D eigenvalue weighted by Gasteiger charge is 2.22. The van der Waals surface area contributed by atoms with Crippen LogP contribution < -0.4 is 0 Å². The first kappa shape index (κ1) is 13.3. The number of tetrazole rings is 1. The van der Waals surface area contributed by atoms with Crippen molar-refractivity contribution in [1.82, 2.24) is 20.2 Å². The van der Waals surface area contributed by atoms with Gasteiger partial charge in [0.1, 0.15) is 6.26 Å². The van der Waals surface area contributed by atoms with Crippen molar-refractivity contribution in [3.63, 3.8) is 0 Å². The van der Waals surface area contributed by atoms with Crippen LogP contribution in [-0.4, -0.2) is 31.3 Å². The molecule has 0 saturated carbocycles. The monoisotopic (exact) mass is 264 g/mol. The maximum absolute atomic E-state index is 11.3. The van der Waals surface area contributed by atoms with E-state index in [0.717, 1.165) is 5.56 Å². The second-order valence-electron chi connectivity index (χ2n) is 4.86. The number of aromatic nitrogens is 4. The Morgan fingerprint density at radius 3 is 2.89 bits per heavy atom. The molecule has 1 N–H and O–H groups in total. The van der Waals surface area contributed by atoms with Gasteiger partial charge in [-0.3, -0.25) is 4.79 Å². The van der Waals surface area contributed by atoms with Gasteiger partial charge in [-0.25, -0.2) is 4.68 Å². The lowest BCUT2D eigenvalue weighted by atomic mass is 9.97. The molecule has 2 rings (SSSR count). The van der Waals surface area contributed by atoms with Gasteiger partial charge in [0.05, 0.1) is 24.3 Å². The summed E-state index contributed by atoms with van der Waals surface area (Å²) in [5, 5.41) is 20.6. The molecule has 7 heteroatoms. The van der Waals surface area contributed by atoms with E-state index in [4.69, 9.17) is 4.42 Å². The Bertz CT molecular complexity index is 533. The van der Waals surface area contributed by atoms with E-state index in [1.807, 2.05) is 13.8 Å². The fourth-order valence-corrected chi connectivity index (χ4v) is 1.96. The van der Waals surface area contributed by atoms with Gasteiger partial charge in [-0.2, -0.15) is 0 Å². The highest BCUT2D eigenvalue weighted by Crippen LogP contribution is 2.19. The molecule has 102 valence electrons. The molecule has 2 aromatic heterocycles. The number of rotatable bonds is 6. The molecular formula is C12H16N4O3. The Hall–Kier alpha value is -2.18. The summed E-state index contributed by atoms with van der Waals surface area (Å²) >= 11 is 0. The Labute approximate surface area is 110 Å². The predicted molar refractivity (Wildman–Crippen MR) is 66.1 cm³/mol. The molecule has 1 unspecified atom stereocenters. The largest absolute Gasteiger partial charge is 0.481 e. The Morgan fingerprint density at radius 1 is 1.53 bits per heavy atom. The molecule has 19 heavy (non-hydrogen) atoms. The van der Waals surface area contributed by atoms with Crippen LogP contribution in [0.5, 0.6) is 0 Å².